The quantitative estimate of drug-likeness (QED) is 0.358. The summed E-state index contributed by atoms with van der Waals surface area (Å²) in [5.41, 5.74) is 3.12. The van der Waals surface area contributed by atoms with Crippen LogP contribution in [0.5, 0.6) is 0 Å². The SMILES string of the molecule is C[Si](C)(C)CCS(=O)(=O)c1c(Br)ccc(-c2ccc(C3CCN(C(=O)O)CC3)cc2)c1-c1nn[nH]n1. The van der Waals surface area contributed by atoms with Crippen LogP contribution < -0.4 is 0 Å². The number of hydrogen-bond acceptors (Lipinski definition) is 6. The van der Waals surface area contributed by atoms with E-state index in [1.54, 1.807) is 6.07 Å². The summed E-state index contributed by atoms with van der Waals surface area (Å²) in [7, 11) is -5.23. The molecule has 1 aliphatic heterocycles. The Morgan fingerprint density at radius 3 is 2.36 bits per heavy atom. The van der Waals surface area contributed by atoms with E-state index in [1.165, 1.54) is 4.90 Å². The van der Waals surface area contributed by atoms with Crippen LogP contribution in [0.1, 0.15) is 24.3 Å². The van der Waals surface area contributed by atoms with Gasteiger partial charge < -0.3 is 10.0 Å². The van der Waals surface area contributed by atoms with Gasteiger partial charge in [-0.2, -0.15) is 5.21 Å². The summed E-state index contributed by atoms with van der Waals surface area (Å²) in [4.78, 5) is 12.8. The van der Waals surface area contributed by atoms with Crippen molar-refractivity contribution in [1.29, 1.82) is 0 Å². The van der Waals surface area contributed by atoms with Gasteiger partial charge in [0.05, 0.1) is 16.2 Å². The van der Waals surface area contributed by atoms with Crippen LogP contribution in [0.3, 0.4) is 0 Å². The number of sulfone groups is 1. The number of carbonyl (C=O) groups is 1. The number of nitrogens with zero attached hydrogens (tertiary/aromatic N) is 4. The molecule has 0 atom stereocenters. The summed E-state index contributed by atoms with van der Waals surface area (Å²) in [6, 6.07) is 12.3. The Hall–Kier alpha value is -2.57. The second-order valence-corrected chi connectivity index (χ2v) is 18.9. The molecule has 0 bridgehead atoms. The largest absolute Gasteiger partial charge is 0.465 e. The first-order valence-corrected chi connectivity index (χ1v) is 18.0. The molecule has 1 amide bonds. The molecule has 36 heavy (non-hydrogen) atoms. The van der Waals surface area contributed by atoms with Crippen LogP contribution in [0, 0.1) is 0 Å². The molecule has 3 aromatic rings. The normalized spacial score (nSPS) is 15.3. The third kappa shape index (κ3) is 5.87. The lowest BCUT2D eigenvalue weighted by molar-refractivity contribution is 0.132. The standard InChI is InChI=1S/C24H30BrN5O4SSi/c1-36(2,3)15-14-35(33,34)22-20(25)9-8-19(21(22)23-26-28-29-27-23)18-6-4-16(5-7-18)17-10-12-30(13-11-17)24(31)32/h4-9,17H,10-15H2,1-3H3,(H,31,32)(H,26,27,28,29). The molecule has 0 aliphatic carbocycles. The number of rotatable bonds is 7. The van der Waals surface area contributed by atoms with E-state index in [2.05, 4.69) is 56.2 Å². The van der Waals surface area contributed by atoms with E-state index in [0.717, 1.165) is 24.0 Å². The average molecular weight is 593 g/mol. The zero-order valence-corrected chi connectivity index (χ0v) is 23.9. The molecule has 0 radical (unpaired) electrons. The van der Waals surface area contributed by atoms with Gasteiger partial charge in [0.25, 0.3) is 0 Å². The minimum Gasteiger partial charge on any atom is -0.465 e. The highest BCUT2D eigenvalue weighted by molar-refractivity contribution is 9.10. The Balaban J connectivity index is 1.72. The maximum atomic E-state index is 13.6. The number of carboxylic acid groups (broad SMARTS) is 1. The predicted octanol–water partition coefficient (Wildman–Crippen LogP) is 5.27. The van der Waals surface area contributed by atoms with Crippen LogP contribution in [0.4, 0.5) is 4.79 Å². The highest BCUT2D eigenvalue weighted by Crippen LogP contribution is 2.41. The predicted molar refractivity (Wildman–Crippen MR) is 145 cm³/mol. The Morgan fingerprint density at radius 2 is 1.81 bits per heavy atom. The summed E-state index contributed by atoms with van der Waals surface area (Å²) in [5, 5.41) is 23.6. The van der Waals surface area contributed by atoms with Gasteiger partial charge in [-0.25, -0.2) is 13.2 Å². The van der Waals surface area contributed by atoms with Crippen molar-refractivity contribution in [3.8, 4) is 22.5 Å². The number of H-pyrrole nitrogens is 1. The number of aromatic amines is 1. The van der Waals surface area contributed by atoms with Crippen LogP contribution in [0.15, 0.2) is 45.8 Å². The Bertz CT molecular complexity index is 1330. The van der Waals surface area contributed by atoms with Crippen molar-refractivity contribution in [3.05, 3.63) is 46.4 Å². The maximum absolute atomic E-state index is 13.6. The molecule has 9 nitrogen and oxygen atoms in total. The van der Waals surface area contributed by atoms with Gasteiger partial charge >= 0.3 is 6.09 Å². The number of amides is 1. The Kier molecular flexibility index (Phi) is 7.67. The molecule has 192 valence electrons. The Morgan fingerprint density at radius 1 is 1.14 bits per heavy atom. The molecule has 2 aromatic carbocycles. The second-order valence-electron chi connectivity index (χ2n) is 10.3. The highest BCUT2D eigenvalue weighted by Gasteiger charge is 2.30. The molecule has 0 unspecified atom stereocenters. The first-order chi connectivity index (χ1) is 17.0. The van der Waals surface area contributed by atoms with E-state index in [4.69, 9.17) is 0 Å². The van der Waals surface area contributed by atoms with E-state index in [9.17, 15) is 18.3 Å². The molecule has 1 aliphatic rings. The van der Waals surface area contributed by atoms with Gasteiger partial charge in [-0.1, -0.05) is 50.0 Å². The van der Waals surface area contributed by atoms with Crippen molar-refractivity contribution in [1.82, 2.24) is 25.5 Å². The molecule has 2 heterocycles. The third-order valence-electron chi connectivity index (χ3n) is 6.57. The van der Waals surface area contributed by atoms with Crippen molar-refractivity contribution in [3.63, 3.8) is 0 Å². The molecule has 1 aromatic heterocycles. The van der Waals surface area contributed by atoms with Crippen LogP contribution in [-0.4, -0.2) is 72.1 Å². The van der Waals surface area contributed by atoms with Crippen LogP contribution >= 0.6 is 15.9 Å². The molecular formula is C24H30BrN5O4SSi. The summed E-state index contributed by atoms with van der Waals surface area (Å²) in [6.07, 6.45) is 0.679. The van der Waals surface area contributed by atoms with Crippen LogP contribution in [0.25, 0.3) is 22.5 Å². The zero-order valence-electron chi connectivity index (χ0n) is 20.5. The van der Waals surface area contributed by atoms with Gasteiger partial charge in [0.1, 0.15) is 0 Å². The minimum absolute atomic E-state index is 0.0591. The third-order valence-corrected chi connectivity index (χ3v) is 11.4. The van der Waals surface area contributed by atoms with Crippen LogP contribution in [0.2, 0.25) is 25.7 Å². The maximum Gasteiger partial charge on any atom is 0.407 e. The fourth-order valence-corrected chi connectivity index (χ4v) is 10.1. The highest BCUT2D eigenvalue weighted by atomic mass is 79.9. The molecule has 1 saturated heterocycles. The number of benzene rings is 2. The zero-order chi connectivity index (χ0) is 26.1. The number of likely N-dealkylation sites (tertiary alicyclic amines) is 1. The molecule has 2 N–H and O–H groups in total. The van der Waals surface area contributed by atoms with Crippen molar-refractivity contribution in [2.24, 2.45) is 0 Å². The number of nitrogens with one attached hydrogen (secondary N) is 1. The van der Waals surface area contributed by atoms with Crippen molar-refractivity contribution in [2.75, 3.05) is 18.8 Å². The van der Waals surface area contributed by atoms with Crippen molar-refractivity contribution < 1.29 is 18.3 Å². The van der Waals surface area contributed by atoms with E-state index >= 15 is 0 Å². The van der Waals surface area contributed by atoms with Gasteiger partial charge in [-0.05, 0) is 68.7 Å². The second kappa shape index (κ2) is 10.4. The van der Waals surface area contributed by atoms with Gasteiger partial charge in [0.2, 0.25) is 5.82 Å². The summed E-state index contributed by atoms with van der Waals surface area (Å²) >= 11 is 3.47. The van der Waals surface area contributed by atoms with E-state index < -0.39 is 24.0 Å². The monoisotopic (exact) mass is 591 g/mol. The molecule has 0 spiro atoms. The number of hydrogen-bond donors (Lipinski definition) is 2. The molecule has 4 rings (SSSR count). The van der Waals surface area contributed by atoms with E-state index in [1.807, 2.05) is 30.3 Å². The summed E-state index contributed by atoms with van der Waals surface area (Å²) in [5.74, 6) is 0.570. The minimum atomic E-state index is -3.64. The van der Waals surface area contributed by atoms with Crippen LogP contribution in [-0.2, 0) is 9.84 Å². The number of tetrazole rings is 1. The Labute approximate surface area is 220 Å². The number of halogens is 1. The van der Waals surface area contributed by atoms with E-state index in [-0.39, 0.29) is 22.4 Å². The molecule has 0 saturated carbocycles. The van der Waals surface area contributed by atoms with Gasteiger partial charge in [-0.3, -0.25) is 0 Å². The lowest BCUT2D eigenvalue weighted by Crippen LogP contribution is -2.36. The topological polar surface area (TPSA) is 129 Å². The first-order valence-electron chi connectivity index (χ1n) is 11.8. The smallest absolute Gasteiger partial charge is 0.407 e. The summed E-state index contributed by atoms with van der Waals surface area (Å²) < 4.78 is 27.7. The number of piperidine rings is 1. The first kappa shape index (κ1) is 26.5. The van der Waals surface area contributed by atoms with Crippen molar-refractivity contribution in [2.45, 2.75) is 49.3 Å². The fourth-order valence-electron chi connectivity index (χ4n) is 4.47. The lowest BCUT2D eigenvalue weighted by atomic mass is 9.88. The average Bonchev–Trinajstić information content (AvgIpc) is 3.37. The lowest BCUT2D eigenvalue weighted by Gasteiger charge is -2.30. The number of aromatic nitrogens is 4. The van der Waals surface area contributed by atoms with Gasteiger partial charge in [0.15, 0.2) is 9.84 Å². The summed E-state index contributed by atoms with van der Waals surface area (Å²) in [6.45, 7) is 7.51. The molecule has 1 fully saturated rings. The molecule has 12 heteroatoms. The van der Waals surface area contributed by atoms with Crippen molar-refractivity contribution >= 4 is 39.9 Å². The molecular weight excluding hydrogens is 562 g/mol. The van der Waals surface area contributed by atoms with Gasteiger partial charge in [0, 0.05) is 25.6 Å². The fraction of sp³-hybridized carbons (Fsp3) is 0.417. The van der Waals surface area contributed by atoms with Gasteiger partial charge in [-0.15, -0.1) is 10.2 Å². The van der Waals surface area contributed by atoms with E-state index in [0.29, 0.717) is 34.7 Å².